The minimum atomic E-state index is -3.76. The number of hydrogen-bond acceptors (Lipinski definition) is 3. The second-order valence-electron chi connectivity index (χ2n) is 4.33. The van der Waals surface area contributed by atoms with Gasteiger partial charge in [0, 0.05) is 12.6 Å². The first-order valence-electron chi connectivity index (χ1n) is 6.05. The summed E-state index contributed by atoms with van der Waals surface area (Å²) in [5.74, 6) is -0.597. The quantitative estimate of drug-likeness (QED) is 0.883. The standard InChI is InChI=1S/C14H15FN2O2S/c15-12-7-4-8-13(9-12)20(18,19)17-10-14(16)11-5-2-1-3-6-11/h1-9,14,17H,10,16H2. The number of benzene rings is 2. The van der Waals surface area contributed by atoms with Crippen LogP contribution >= 0.6 is 0 Å². The number of sulfonamides is 1. The van der Waals surface area contributed by atoms with E-state index in [2.05, 4.69) is 4.72 Å². The molecule has 0 radical (unpaired) electrons. The number of nitrogens with one attached hydrogen (secondary N) is 1. The van der Waals surface area contributed by atoms with Crippen LogP contribution < -0.4 is 10.5 Å². The Kier molecular flexibility index (Phi) is 4.49. The molecule has 0 aromatic heterocycles. The van der Waals surface area contributed by atoms with Crippen molar-refractivity contribution in [2.45, 2.75) is 10.9 Å². The van der Waals surface area contributed by atoms with Crippen LogP contribution in [0.5, 0.6) is 0 Å². The van der Waals surface area contributed by atoms with Crippen molar-refractivity contribution in [2.24, 2.45) is 5.73 Å². The van der Waals surface area contributed by atoms with Crippen LogP contribution in [-0.4, -0.2) is 15.0 Å². The highest BCUT2D eigenvalue weighted by Crippen LogP contribution is 2.12. The first kappa shape index (κ1) is 14.6. The lowest BCUT2D eigenvalue weighted by molar-refractivity contribution is 0.569. The predicted octanol–water partition coefficient (Wildman–Crippen LogP) is 1.80. The van der Waals surface area contributed by atoms with Gasteiger partial charge in [-0.15, -0.1) is 0 Å². The lowest BCUT2D eigenvalue weighted by atomic mass is 10.1. The average molecular weight is 294 g/mol. The summed E-state index contributed by atoms with van der Waals surface area (Å²) in [7, 11) is -3.76. The smallest absolute Gasteiger partial charge is 0.240 e. The maximum Gasteiger partial charge on any atom is 0.240 e. The monoisotopic (exact) mass is 294 g/mol. The van der Waals surface area contributed by atoms with Gasteiger partial charge in [0.15, 0.2) is 0 Å². The van der Waals surface area contributed by atoms with Gasteiger partial charge in [0.25, 0.3) is 0 Å². The van der Waals surface area contributed by atoms with Gasteiger partial charge in [0.1, 0.15) is 5.82 Å². The molecular weight excluding hydrogens is 279 g/mol. The molecule has 2 rings (SSSR count). The van der Waals surface area contributed by atoms with Crippen molar-refractivity contribution >= 4 is 10.0 Å². The largest absolute Gasteiger partial charge is 0.323 e. The molecule has 0 saturated heterocycles. The van der Waals surface area contributed by atoms with Crippen molar-refractivity contribution in [1.29, 1.82) is 0 Å². The number of hydrogen-bond donors (Lipinski definition) is 2. The van der Waals surface area contributed by atoms with Crippen LogP contribution in [0, 0.1) is 5.82 Å². The fraction of sp³-hybridized carbons (Fsp3) is 0.143. The Morgan fingerprint density at radius 3 is 2.45 bits per heavy atom. The van der Waals surface area contributed by atoms with Crippen molar-refractivity contribution in [3.05, 3.63) is 66.0 Å². The molecule has 0 heterocycles. The molecule has 2 aromatic carbocycles. The molecule has 1 unspecified atom stereocenters. The van der Waals surface area contributed by atoms with Crippen molar-refractivity contribution in [2.75, 3.05) is 6.54 Å². The number of halogens is 1. The zero-order valence-electron chi connectivity index (χ0n) is 10.7. The maximum absolute atomic E-state index is 13.0. The summed E-state index contributed by atoms with van der Waals surface area (Å²) in [6.07, 6.45) is 0. The van der Waals surface area contributed by atoms with Crippen molar-refractivity contribution < 1.29 is 12.8 Å². The van der Waals surface area contributed by atoms with Crippen LogP contribution in [0.15, 0.2) is 59.5 Å². The predicted molar refractivity (Wildman–Crippen MR) is 75.0 cm³/mol. The Hall–Kier alpha value is -1.76. The Bertz CT molecular complexity index is 675. The van der Waals surface area contributed by atoms with Gasteiger partial charge in [0.2, 0.25) is 10.0 Å². The molecule has 0 aliphatic heterocycles. The Morgan fingerprint density at radius 1 is 1.10 bits per heavy atom. The molecule has 0 aliphatic carbocycles. The van der Waals surface area contributed by atoms with E-state index >= 15 is 0 Å². The van der Waals surface area contributed by atoms with Gasteiger partial charge in [-0.25, -0.2) is 17.5 Å². The lowest BCUT2D eigenvalue weighted by Crippen LogP contribution is -2.32. The van der Waals surface area contributed by atoms with E-state index in [-0.39, 0.29) is 11.4 Å². The Morgan fingerprint density at radius 2 is 1.80 bits per heavy atom. The zero-order chi connectivity index (χ0) is 14.6. The SMILES string of the molecule is NC(CNS(=O)(=O)c1cccc(F)c1)c1ccccc1. The minimum absolute atomic E-state index is 0.0445. The van der Waals surface area contributed by atoms with Gasteiger partial charge in [-0.05, 0) is 23.8 Å². The van der Waals surface area contributed by atoms with Crippen LogP contribution in [0.2, 0.25) is 0 Å². The van der Waals surface area contributed by atoms with Crippen molar-refractivity contribution in [1.82, 2.24) is 4.72 Å². The molecule has 20 heavy (non-hydrogen) atoms. The Balaban J connectivity index is 2.07. The van der Waals surface area contributed by atoms with E-state index in [1.807, 2.05) is 30.3 Å². The van der Waals surface area contributed by atoms with Gasteiger partial charge in [-0.3, -0.25) is 0 Å². The maximum atomic E-state index is 13.0. The van der Waals surface area contributed by atoms with E-state index in [1.165, 1.54) is 18.2 Å². The van der Waals surface area contributed by atoms with Gasteiger partial charge < -0.3 is 5.73 Å². The van der Waals surface area contributed by atoms with Crippen LogP contribution in [-0.2, 0) is 10.0 Å². The lowest BCUT2D eigenvalue weighted by Gasteiger charge is -2.13. The summed E-state index contributed by atoms with van der Waals surface area (Å²) in [5.41, 5.74) is 6.74. The molecule has 106 valence electrons. The molecule has 2 aromatic rings. The summed E-state index contributed by atoms with van der Waals surface area (Å²) >= 11 is 0. The van der Waals surface area contributed by atoms with Gasteiger partial charge >= 0.3 is 0 Å². The second kappa shape index (κ2) is 6.13. The molecule has 0 bridgehead atoms. The van der Waals surface area contributed by atoms with Crippen LogP contribution in [0.25, 0.3) is 0 Å². The number of rotatable bonds is 5. The van der Waals surface area contributed by atoms with Crippen LogP contribution in [0.4, 0.5) is 4.39 Å². The normalized spacial score (nSPS) is 13.1. The first-order chi connectivity index (χ1) is 9.49. The van der Waals surface area contributed by atoms with E-state index < -0.39 is 21.9 Å². The van der Waals surface area contributed by atoms with Gasteiger partial charge in [0.05, 0.1) is 4.90 Å². The molecule has 0 saturated carbocycles. The first-order valence-corrected chi connectivity index (χ1v) is 7.53. The molecule has 1 atom stereocenters. The molecule has 0 aliphatic rings. The van der Waals surface area contributed by atoms with E-state index in [1.54, 1.807) is 0 Å². The number of nitrogens with two attached hydrogens (primary N) is 1. The molecule has 0 spiro atoms. The van der Waals surface area contributed by atoms with E-state index in [0.29, 0.717) is 0 Å². The third-order valence-corrected chi connectivity index (χ3v) is 4.25. The second-order valence-corrected chi connectivity index (χ2v) is 6.09. The van der Waals surface area contributed by atoms with Crippen molar-refractivity contribution in [3.8, 4) is 0 Å². The van der Waals surface area contributed by atoms with Crippen molar-refractivity contribution in [3.63, 3.8) is 0 Å². The third kappa shape index (κ3) is 3.63. The average Bonchev–Trinajstić information content (AvgIpc) is 2.46. The zero-order valence-corrected chi connectivity index (χ0v) is 11.5. The van der Waals surface area contributed by atoms with Crippen LogP contribution in [0.1, 0.15) is 11.6 Å². The molecule has 3 N–H and O–H groups in total. The summed E-state index contributed by atoms with van der Waals surface area (Å²) in [6.45, 7) is 0.0445. The summed E-state index contributed by atoms with van der Waals surface area (Å²) < 4.78 is 39.4. The minimum Gasteiger partial charge on any atom is -0.323 e. The molecule has 0 fully saturated rings. The highest BCUT2D eigenvalue weighted by Gasteiger charge is 2.16. The topological polar surface area (TPSA) is 72.2 Å². The van der Waals surface area contributed by atoms with Gasteiger partial charge in [-0.1, -0.05) is 36.4 Å². The molecule has 4 nitrogen and oxygen atoms in total. The molecule has 6 heteroatoms. The van der Waals surface area contributed by atoms with E-state index in [0.717, 1.165) is 11.6 Å². The fourth-order valence-corrected chi connectivity index (χ4v) is 2.83. The summed E-state index contributed by atoms with van der Waals surface area (Å²) in [6, 6.07) is 13.5. The fourth-order valence-electron chi connectivity index (χ4n) is 1.74. The highest BCUT2D eigenvalue weighted by molar-refractivity contribution is 7.89. The third-order valence-electron chi connectivity index (χ3n) is 2.83. The van der Waals surface area contributed by atoms with Crippen LogP contribution in [0.3, 0.4) is 0 Å². The van der Waals surface area contributed by atoms with E-state index in [9.17, 15) is 12.8 Å². The Labute approximate surface area is 117 Å². The molecular formula is C14H15FN2O2S. The van der Waals surface area contributed by atoms with E-state index in [4.69, 9.17) is 5.73 Å². The highest BCUT2D eigenvalue weighted by atomic mass is 32.2. The summed E-state index contributed by atoms with van der Waals surface area (Å²) in [4.78, 5) is -0.113. The van der Waals surface area contributed by atoms with Gasteiger partial charge in [-0.2, -0.15) is 0 Å². The summed E-state index contributed by atoms with van der Waals surface area (Å²) in [5, 5.41) is 0. The molecule has 0 amide bonds.